The van der Waals surface area contributed by atoms with Crippen LogP contribution >= 0.6 is 0 Å². The van der Waals surface area contributed by atoms with Crippen molar-refractivity contribution >= 4 is 11.5 Å². The predicted octanol–water partition coefficient (Wildman–Crippen LogP) is 1.23. The van der Waals surface area contributed by atoms with Crippen LogP contribution in [0.3, 0.4) is 0 Å². The third kappa shape index (κ3) is 2.33. The van der Waals surface area contributed by atoms with Crippen LogP contribution in [0.2, 0.25) is 0 Å². The Labute approximate surface area is 77.6 Å². The summed E-state index contributed by atoms with van der Waals surface area (Å²) in [4.78, 5) is 0. The van der Waals surface area contributed by atoms with Gasteiger partial charge in [-0.15, -0.1) is 0 Å². The second-order valence-electron chi connectivity index (χ2n) is 2.87. The zero-order valence-electron chi connectivity index (χ0n) is 7.54. The number of benzene rings is 1. The van der Waals surface area contributed by atoms with E-state index in [1.165, 1.54) is 6.08 Å². The summed E-state index contributed by atoms with van der Waals surface area (Å²) in [5, 5.41) is 7.07. The molecule has 0 aliphatic rings. The summed E-state index contributed by atoms with van der Waals surface area (Å²) in [5.74, 6) is -0.0271. The fourth-order valence-corrected chi connectivity index (χ4v) is 1.14. The number of rotatable bonds is 2. The first kappa shape index (κ1) is 9.32. The number of nitrogens with two attached hydrogens (primary N) is 2. The summed E-state index contributed by atoms with van der Waals surface area (Å²) < 4.78 is 0. The molecule has 0 aliphatic carbocycles. The van der Waals surface area contributed by atoms with Crippen LogP contribution in [0.15, 0.2) is 30.3 Å². The van der Waals surface area contributed by atoms with E-state index >= 15 is 0 Å². The first-order chi connectivity index (χ1) is 6.11. The molecule has 1 aromatic rings. The van der Waals surface area contributed by atoms with E-state index in [0.717, 1.165) is 11.1 Å². The molecule has 0 unspecified atom stereocenters. The van der Waals surface area contributed by atoms with E-state index in [0.29, 0.717) is 5.70 Å². The fraction of sp³-hybridized carbons (Fsp3) is 0.100. The van der Waals surface area contributed by atoms with E-state index in [4.69, 9.17) is 16.9 Å². The van der Waals surface area contributed by atoms with Gasteiger partial charge in [-0.1, -0.05) is 24.3 Å². The van der Waals surface area contributed by atoms with Gasteiger partial charge in [0.1, 0.15) is 5.84 Å². The van der Waals surface area contributed by atoms with Crippen molar-refractivity contribution in [1.82, 2.24) is 0 Å². The van der Waals surface area contributed by atoms with Crippen molar-refractivity contribution in [3.63, 3.8) is 0 Å². The standard InChI is InChI=1S/C10H13N3/c1-7-4-2-3-5-8(7)9(11)6-10(12)13/h2-6H,11H2,1H3,(H3,12,13)/b9-6-. The molecule has 0 aromatic heterocycles. The third-order valence-electron chi connectivity index (χ3n) is 1.77. The molecule has 0 spiro atoms. The molecule has 0 amide bonds. The number of hydrogen-bond acceptors (Lipinski definition) is 2. The lowest BCUT2D eigenvalue weighted by molar-refractivity contribution is 1.38. The van der Waals surface area contributed by atoms with E-state index in [9.17, 15) is 0 Å². The average Bonchev–Trinajstić information content (AvgIpc) is 2.03. The molecular formula is C10H13N3. The topological polar surface area (TPSA) is 75.9 Å². The zero-order chi connectivity index (χ0) is 9.84. The smallest absolute Gasteiger partial charge is 0.117 e. The summed E-state index contributed by atoms with van der Waals surface area (Å²) in [6.07, 6.45) is 1.45. The van der Waals surface area contributed by atoms with Gasteiger partial charge in [-0.3, -0.25) is 5.41 Å². The molecule has 5 N–H and O–H groups in total. The van der Waals surface area contributed by atoms with Crippen molar-refractivity contribution in [2.45, 2.75) is 6.92 Å². The molecule has 3 heteroatoms. The van der Waals surface area contributed by atoms with Gasteiger partial charge in [0.05, 0.1) is 0 Å². The monoisotopic (exact) mass is 175 g/mol. The van der Waals surface area contributed by atoms with Gasteiger partial charge in [0.15, 0.2) is 0 Å². The van der Waals surface area contributed by atoms with Crippen LogP contribution in [0.25, 0.3) is 5.70 Å². The molecule has 0 fully saturated rings. The van der Waals surface area contributed by atoms with E-state index in [1.54, 1.807) is 0 Å². The van der Waals surface area contributed by atoms with Crippen LogP contribution < -0.4 is 11.5 Å². The van der Waals surface area contributed by atoms with Gasteiger partial charge >= 0.3 is 0 Å². The Morgan fingerprint density at radius 3 is 2.46 bits per heavy atom. The van der Waals surface area contributed by atoms with Gasteiger partial charge in [0, 0.05) is 17.3 Å². The third-order valence-corrected chi connectivity index (χ3v) is 1.77. The molecule has 0 atom stereocenters. The summed E-state index contributed by atoms with van der Waals surface area (Å²) in [6.45, 7) is 1.97. The van der Waals surface area contributed by atoms with Gasteiger partial charge in [0.25, 0.3) is 0 Å². The minimum atomic E-state index is -0.0271. The largest absolute Gasteiger partial charge is 0.398 e. The molecule has 0 saturated heterocycles. The van der Waals surface area contributed by atoms with Crippen LogP contribution in [0, 0.1) is 12.3 Å². The van der Waals surface area contributed by atoms with Crippen molar-refractivity contribution in [1.29, 1.82) is 5.41 Å². The number of amidine groups is 1. The Hall–Kier alpha value is -1.77. The average molecular weight is 175 g/mol. The number of aryl methyl sites for hydroxylation is 1. The van der Waals surface area contributed by atoms with E-state index in [2.05, 4.69) is 0 Å². The zero-order valence-corrected chi connectivity index (χ0v) is 7.54. The van der Waals surface area contributed by atoms with E-state index in [1.807, 2.05) is 31.2 Å². The van der Waals surface area contributed by atoms with Gasteiger partial charge in [0.2, 0.25) is 0 Å². The lowest BCUT2D eigenvalue weighted by Crippen LogP contribution is -2.09. The maximum absolute atomic E-state index is 7.07. The van der Waals surface area contributed by atoms with Crippen molar-refractivity contribution in [2.75, 3.05) is 0 Å². The van der Waals surface area contributed by atoms with Gasteiger partial charge in [-0.2, -0.15) is 0 Å². The highest BCUT2D eigenvalue weighted by molar-refractivity contribution is 5.95. The van der Waals surface area contributed by atoms with Gasteiger partial charge < -0.3 is 11.5 Å². The van der Waals surface area contributed by atoms with Crippen LogP contribution in [0.1, 0.15) is 11.1 Å². The number of hydrogen-bond donors (Lipinski definition) is 3. The molecule has 0 saturated carbocycles. The molecule has 0 radical (unpaired) electrons. The minimum absolute atomic E-state index is 0.0271. The Morgan fingerprint density at radius 2 is 1.92 bits per heavy atom. The SMILES string of the molecule is Cc1ccccc1/C(N)=C/C(=N)N. The van der Waals surface area contributed by atoms with Crippen LogP contribution in [-0.4, -0.2) is 5.84 Å². The van der Waals surface area contributed by atoms with Crippen molar-refractivity contribution in [3.05, 3.63) is 41.5 Å². The minimum Gasteiger partial charge on any atom is -0.398 e. The molecule has 1 aromatic carbocycles. The summed E-state index contributed by atoms with van der Waals surface area (Å²) >= 11 is 0. The molecule has 3 nitrogen and oxygen atoms in total. The van der Waals surface area contributed by atoms with E-state index < -0.39 is 0 Å². The predicted molar refractivity (Wildman–Crippen MR) is 55.3 cm³/mol. The molecule has 68 valence electrons. The maximum atomic E-state index is 7.07. The second kappa shape index (κ2) is 3.76. The molecule has 1 rings (SSSR count). The number of nitrogens with one attached hydrogen (secondary N) is 1. The van der Waals surface area contributed by atoms with Gasteiger partial charge in [-0.05, 0) is 12.5 Å². The molecule has 0 bridgehead atoms. The summed E-state index contributed by atoms with van der Waals surface area (Å²) in [5.41, 5.74) is 13.5. The lowest BCUT2D eigenvalue weighted by atomic mass is 10.1. The first-order valence-electron chi connectivity index (χ1n) is 3.98. The fourth-order valence-electron chi connectivity index (χ4n) is 1.14. The quantitative estimate of drug-likeness (QED) is 0.467. The van der Waals surface area contributed by atoms with Crippen LogP contribution in [0.4, 0.5) is 0 Å². The lowest BCUT2D eigenvalue weighted by Gasteiger charge is -2.04. The van der Waals surface area contributed by atoms with E-state index in [-0.39, 0.29) is 5.84 Å². The second-order valence-corrected chi connectivity index (χ2v) is 2.87. The molecular weight excluding hydrogens is 162 g/mol. The Kier molecular flexibility index (Phi) is 2.69. The Morgan fingerprint density at radius 1 is 1.31 bits per heavy atom. The van der Waals surface area contributed by atoms with Crippen LogP contribution in [0.5, 0.6) is 0 Å². The summed E-state index contributed by atoms with van der Waals surface area (Å²) in [7, 11) is 0. The molecule has 0 heterocycles. The highest BCUT2D eigenvalue weighted by atomic mass is 14.7. The van der Waals surface area contributed by atoms with Crippen molar-refractivity contribution < 1.29 is 0 Å². The highest BCUT2D eigenvalue weighted by Crippen LogP contribution is 2.13. The maximum Gasteiger partial charge on any atom is 0.117 e. The molecule has 0 aliphatic heterocycles. The summed E-state index contributed by atoms with van der Waals surface area (Å²) in [6, 6.07) is 7.73. The van der Waals surface area contributed by atoms with Crippen LogP contribution in [-0.2, 0) is 0 Å². The Bertz CT molecular complexity index is 353. The highest BCUT2D eigenvalue weighted by Gasteiger charge is 1.99. The van der Waals surface area contributed by atoms with Crippen molar-refractivity contribution in [2.24, 2.45) is 11.5 Å². The Balaban J connectivity index is 3.08. The molecule has 13 heavy (non-hydrogen) atoms. The van der Waals surface area contributed by atoms with Crippen molar-refractivity contribution in [3.8, 4) is 0 Å². The first-order valence-corrected chi connectivity index (χ1v) is 3.98. The van der Waals surface area contributed by atoms with Gasteiger partial charge in [-0.25, -0.2) is 0 Å². The normalized spacial score (nSPS) is 11.3.